The summed E-state index contributed by atoms with van der Waals surface area (Å²) in [5, 5.41) is 4.36. The number of ketones is 1. The van der Waals surface area contributed by atoms with Gasteiger partial charge in [-0.1, -0.05) is 0 Å². The summed E-state index contributed by atoms with van der Waals surface area (Å²) >= 11 is 0. The van der Waals surface area contributed by atoms with Crippen molar-refractivity contribution in [2.45, 2.75) is 20.8 Å². The largest absolute Gasteiger partial charge is 0.497 e. The minimum Gasteiger partial charge on any atom is -0.497 e. The molecule has 0 saturated carbocycles. The molecule has 1 aromatic carbocycles. The van der Waals surface area contributed by atoms with Crippen LogP contribution in [0.1, 0.15) is 28.7 Å². The van der Waals surface area contributed by atoms with Gasteiger partial charge >= 0.3 is 0 Å². The minimum absolute atomic E-state index is 0.0112. The third-order valence-corrected chi connectivity index (χ3v) is 3.07. The lowest BCUT2D eigenvalue weighted by Crippen LogP contribution is -2.00. The van der Waals surface area contributed by atoms with E-state index in [-0.39, 0.29) is 5.78 Å². The predicted molar refractivity (Wildman–Crippen MR) is 69.6 cm³/mol. The maximum atomic E-state index is 11.5. The lowest BCUT2D eigenvalue weighted by atomic mass is 10.2. The van der Waals surface area contributed by atoms with Gasteiger partial charge in [0.2, 0.25) is 0 Å². The summed E-state index contributed by atoms with van der Waals surface area (Å²) in [5.41, 5.74) is 3.36. The molecule has 4 heteroatoms. The Labute approximate surface area is 106 Å². The van der Waals surface area contributed by atoms with Crippen LogP contribution >= 0.6 is 0 Å². The Morgan fingerprint density at radius 2 is 1.83 bits per heavy atom. The van der Waals surface area contributed by atoms with Gasteiger partial charge in [-0.2, -0.15) is 5.10 Å². The van der Waals surface area contributed by atoms with E-state index < -0.39 is 0 Å². The van der Waals surface area contributed by atoms with Crippen LogP contribution in [0.2, 0.25) is 0 Å². The van der Waals surface area contributed by atoms with Gasteiger partial charge in [0.25, 0.3) is 0 Å². The summed E-state index contributed by atoms with van der Waals surface area (Å²) < 4.78 is 6.90. The van der Waals surface area contributed by atoms with E-state index in [9.17, 15) is 4.79 Å². The van der Waals surface area contributed by atoms with Gasteiger partial charge in [0, 0.05) is 18.2 Å². The molecule has 0 saturated heterocycles. The first kappa shape index (κ1) is 12.4. The van der Waals surface area contributed by atoms with Crippen molar-refractivity contribution in [3.05, 3.63) is 41.2 Å². The second-order valence-corrected chi connectivity index (χ2v) is 4.23. The predicted octanol–water partition coefficient (Wildman–Crippen LogP) is 2.70. The number of carbonyl (C=O) groups is 1. The summed E-state index contributed by atoms with van der Waals surface area (Å²) in [7, 11) is 1.63. The first-order valence-electron chi connectivity index (χ1n) is 5.76. The summed E-state index contributed by atoms with van der Waals surface area (Å²) in [4.78, 5) is 11.5. The van der Waals surface area contributed by atoms with Crippen molar-refractivity contribution < 1.29 is 9.53 Å². The van der Waals surface area contributed by atoms with Crippen molar-refractivity contribution in [1.29, 1.82) is 0 Å². The Morgan fingerprint density at radius 3 is 2.28 bits per heavy atom. The number of hydrogen-bond donors (Lipinski definition) is 0. The fourth-order valence-electron chi connectivity index (χ4n) is 1.89. The Bertz CT molecular complexity index is 583. The molecule has 0 amide bonds. The molecule has 0 spiro atoms. The molecule has 0 aliphatic rings. The third-order valence-electron chi connectivity index (χ3n) is 3.07. The highest BCUT2D eigenvalue weighted by Crippen LogP contribution is 2.20. The van der Waals surface area contributed by atoms with Crippen LogP contribution in [-0.2, 0) is 0 Å². The molecule has 18 heavy (non-hydrogen) atoms. The molecule has 0 aliphatic heterocycles. The van der Waals surface area contributed by atoms with Crippen LogP contribution in [0.3, 0.4) is 0 Å². The van der Waals surface area contributed by atoms with Crippen LogP contribution in [0.5, 0.6) is 5.75 Å². The fraction of sp³-hybridized carbons (Fsp3) is 0.286. The number of hydrogen-bond acceptors (Lipinski definition) is 3. The van der Waals surface area contributed by atoms with Crippen LogP contribution in [-0.4, -0.2) is 22.7 Å². The van der Waals surface area contributed by atoms with Crippen molar-refractivity contribution in [3.8, 4) is 11.4 Å². The monoisotopic (exact) mass is 244 g/mol. The normalized spacial score (nSPS) is 10.4. The van der Waals surface area contributed by atoms with E-state index in [4.69, 9.17) is 4.74 Å². The Kier molecular flexibility index (Phi) is 3.19. The number of aromatic nitrogens is 2. The minimum atomic E-state index is -0.0112. The molecule has 0 bridgehead atoms. The van der Waals surface area contributed by atoms with Gasteiger partial charge in [0.05, 0.1) is 12.8 Å². The van der Waals surface area contributed by atoms with Crippen LogP contribution in [0.4, 0.5) is 0 Å². The quantitative estimate of drug-likeness (QED) is 0.780. The SMILES string of the molecule is COc1ccc(-n2nc(C(C)=O)c(C)c2C)cc1. The zero-order chi connectivity index (χ0) is 13.3. The van der Waals surface area contributed by atoms with Crippen molar-refractivity contribution in [1.82, 2.24) is 9.78 Å². The van der Waals surface area contributed by atoms with Gasteiger partial charge in [-0.05, 0) is 38.1 Å². The number of rotatable bonds is 3. The summed E-state index contributed by atoms with van der Waals surface area (Å²) in [5.74, 6) is 0.787. The smallest absolute Gasteiger partial charge is 0.180 e. The van der Waals surface area contributed by atoms with Crippen LogP contribution < -0.4 is 4.74 Å². The average molecular weight is 244 g/mol. The topological polar surface area (TPSA) is 44.1 Å². The molecule has 94 valence electrons. The first-order valence-corrected chi connectivity index (χ1v) is 5.76. The molecule has 0 fully saturated rings. The maximum Gasteiger partial charge on any atom is 0.180 e. The highest BCUT2D eigenvalue weighted by molar-refractivity contribution is 5.93. The van der Waals surface area contributed by atoms with Gasteiger partial charge in [-0.3, -0.25) is 4.79 Å². The molecule has 0 N–H and O–H groups in total. The molecular weight excluding hydrogens is 228 g/mol. The Balaban J connectivity index is 2.50. The summed E-state index contributed by atoms with van der Waals surface area (Å²) in [6.45, 7) is 5.41. The van der Waals surface area contributed by atoms with Crippen LogP contribution in [0.15, 0.2) is 24.3 Å². The zero-order valence-electron chi connectivity index (χ0n) is 11.0. The van der Waals surface area contributed by atoms with Gasteiger partial charge in [-0.15, -0.1) is 0 Å². The number of carbonyl (C=O) groups excluding carboxylic acids is 1. The second kappa shape index (κ2) is 4.64. The van der Waals surface area contributed by atoms with Gasteiger partial charge in [0.15, 0.2) is 5.78 Å². The summed E-state index contributed by atoms with van der Waals surface area (Å²) in [6.07, 6.45) is 0. The maximum absolute atomic E-state index is 11.5. The molecule has 2 rings (SSSR count). The molecule has 0 radical (unpaired) electrons. The van der Waals surface area contributed by atoms with E-state index in [0.717, 1.165) is 22.7 Å². The molecule has 0 aliphatic carbocycles. The molecule has 0 atom stereocenters. The van der Waals surface area contributed by atoms with Crippen LogP contribution in [0.25, 0.3) is 5.69 Å². The number of ether oxygens (including phenoxy) is 1. The highest BCUT2D eigenvalue weighted by atomic mass is 16.5. The lowest BCUT2D eigenvalue weighted by Gasteiger charge is -2.05. The van der Waals surface area contributed by atoms with E-state index in [1.807, 2.05) is 38.1 Å². The molecule has 1 aromatic heterocycles. The van der Waals surface area contributed by atoms with Crippen molar-refractivity contribution in [2.75, 3.05) is 7.11 Å². The Morgan fingerprint density at radius 1 is 1.22 bits per heavy atom. The molecule has 4 nitrogen and oxygen atoms in total. The van der Waals surface area contributed by atoms with E-state index in [1.165, 1.54) is 6.92 Å². The van der Waals surface area contributed by atoms with E-state index in [2.05, 4.69) is 5.10 Å². The van der Waals surface area contributed by atoms with Crippen molar-refractivity contribution >= 4 is 5.78 Å². The molecule has 0 unspecified atom stereocenters. The van der Waals surface area contributed by atoms with E-state index in [1.54, 1.807) is 11.8 Å². The highest BCUT2D eigenvalue weighted by Gasteiger charge is 2.15. The van der Waals surface area contributed by atoms with Gasteiger partial charge in [0.1, 0.15) is 11.4 Å². The van der Waals surface area contributed by atoms with Gasteiger partial charge < -0.3 is 4.74 Å². The summed E-state index contributed by atoms with van der Waals surface area (Å²) in [6, 6.07) is 7.59. The first-order chi connectivity index (χ1) is 8.54. The number of nitrogens with zero attached hydrogens (tertiary/aromatic N) is 2. The fourth-order valence-corrected chi connectivity index (χ4v) is 1.89. The molecule has 1 heterocycles. The standard InChI is InChI=1S/C14H16N2O2/c1-9-10(2)16(15-14(9)11(3)17)12-5-7-13(18-4)8-6-12/h5-8H,1-4H3. The molecule has 2 aromatic rings. The number of methoxy groups -OCH3 is 1. The lowest BCUT2D eigenvalue weighted by molar-refractivity contribution is 0.101. The van der Waals surface area contributed by atoms with Crippen molar-refractivity contribution in [3.63, 3.8) is 0 Å². The van der Waals surface area contributed by atoms with Crippen LogP contribution in [0, 0.1) is 13.8 Å². The van der Waals surface area contributed by atoms with E-state index in [0.29, 0.717) is 5.69 Å². The van der Waals surface area contributed by atoms with Crippen molar-refractivity contribution in [2.24, 2.45) is 0 Å². The Hall–Kier alpha value is -2.10. The average Bonchev–Trinajstić information content (AvgIpc) is 2.67. The third kappa shape index (κ3) is 2.01. The zero-order valence-corrected chi connectivity index (χ0v) is 11.0. The number of benzene rings is 1. The number of Topliss-reactive ketones (excluding diaryl/α,β-unsaturated/α-hetero) is 1. The van der Waals surface area contributed by atoms with E-state index >= 15 is 0 Å². The molecular formula is C14H16N2O2. The van der Waals surface area contributed by atoms with Gasteiger partial charge in [-0.25, -0.2) is 4.68 Å². The second-order valence-electron chi connectivity index (χ2n) is 4.23.